The summed E-state index contributed by atoms with van der Waals surface area (Å²) in [4.78, 5) is 0. The van der Waals surface area contributed by atoms with E-state index in [0.29, 0.717) is 0 Å². The van der Waals surface area contributed by atoms with E-state index in [1.54, 1.807) is 0 Å². The van der Waals surface area contributed by atoms with Gasteiger partial charge >= 0.3 is 7.12 Å². The van der Waals surface area contributed by atoms with Gasteiger partial charge in [0.15, 0.2) is 11.7 Å². The van der Waals surface area contributed by atoms with E-state index in [9.17, 15) is 8.78 Å². The van der Waals surface area contributed by atoms with Crippen molar-refractivity contribution < 1.29 is 18.8 Å². The van der Waals surface area contributed by atoms with Crippen LogP contribution in [0.1, 0.15) is 27.2 Å². The Morgan fingerprint density at radius 3 is 1.85 bits per heavy atom. The number of halogens is 2. The first-order chi connectivity index (χ1) is 5.91. The summed E-state index contributed by atoms with van der Waals surface area (Å²) in [5.41, 5.74) is -0.164. The molecule has 5 heteroatoms. The van der Waals surface area contributed by atoms with Crippen LogP contribution in [0.2, 0.25) is 0 Å². The molecular formula is C8H13BF2O2. The highest BCUT2D eigenvalue weighted by atomic mass is 19.2. The lowest BCUT2D eigenvalue weighted by molar-refractivity contribution is 0.411. The lowest BCUT2D eigenvalue weighted by atomic mass is 9.76. The first-order valence-corrected chi connectivity index (χ1v) is 3.99. The number of rotatable bonds is 3. The van der Waals surface area contributed by atoms with E-state index >= 15 is 0 Å². The number of hydrogen-bond acceptors (Lipinski definition) is 2. The molecule has 0 spiro atoms. The summed E-state index contributed by atoms with van der Waals surface area (Å²) < 4.78 is 26.0. The highest BCUT2D eigenvalue weighted by Gasteiger charge is 2.21. The number of hydrogen-bond donors (Lipinski definition) is 2. The average Bonchev–Trinajstić information content (AvgIpc) is 2.03. The zero-order valence-electron chi connectivity index (χ0n) is 7.93. The van der Waals surface area contributed by atoms with Gasteiger partial charge in [-0.15, -0.1) is 0 Å². The van der Waals surface area contributed by atoms with Crippen LogP contribution in [0.25, 0.3) is 0 Å². The van der Waals surface area contributed by atoms with E-state index < -0.39 is 18.8 Å². The molecule has 0 aromatic rings. The van der Waals surface area contributed by atoms with Gasteiger partial charge in [-0.2, -0.15) is 0 Å². The predicted octanol–water partition coefficient (Wildman–Crippen LogP) is 1.90. The minimum absolute atomic E-state index is 0.0597. The lowest BCUT2D eigenvalue weighted by Crippen LogP contribution is -2.16. The van der Waals surface area contributed by atoms with Crippen LogP contribution in [0, 0.1) is 0 Å². The Hall–Kier alpha value is -0.675. The number of allylic oxidation sites excluding steroid dienone is 4. The van der Waals surface area contributed by atoms with Gasteiger partial charge in [0.05, 0.1) is 0 Å². The summed E-state index contributed by atoms with van der Waals surface area (Å²) in [5.74, 6) is -2.19. The van der Waals surface area contributed by atoms with Gasteiger partial charge in [-0.3, -0.25) is 0 Å². The molecule has 0 amide bonds. The van der Waals surface area contributed by atoms with E-state index in [2.05, 4.69) is 0 Å². The Kier molecular flexibility index (Phi) is 4.87. The normalized spacial score (nSPS) is 12.2. The fourth-order valence-corrected chi connectivity index (χ4v) is 0.812. The molecule has 0 unspecified atom stereocenters. The molecule has 0 saturated carbocycles. The van der Waals surface area contributed by atoms with E-state index in [1.807, 2.05) is 0 Å². The van der Waals surface area contributed by atoms with Crippen molar-refractivity contribution in [3.05, 3.63) is 22.7 Å². The van der Waals surface area contributed by atoms with E-state index in [0.717, 1.165) is 0 Å². The van der Waals surface area contributed by atoms with Crippen LogP contribution in [0.4, 0.5) is 8.78 Å². The second-order valence-corrected chi connectivity index (χ2v) is 2.88. The average molecular weight is 190 g/mol. The van der Waals surface area contributed by atoms with Crippen molar-refractivity contribution in [3.63, 3.8) is 0 Å². The third kappa shape index (κ3) is 3.28. The molecule has 0 aromatic carbocycles. The Morgan fingerprint density at radius 1 is 1.15 bits per heavy atom. The fourth-order valence-electron chi connectivity index (χ4n) is 0.812. The minimum Gasteiger partial charge on any atom is -0.423 e. The molecule has 74 valence electrons. The van der Waals surface area contributed by atoms with Crippen LogP contribution in [0.3, 0.4) is 0 Å². The van der Waals surface area contributed by atoms with Gasteiger partial charge in [-0.25, -0.2) is 8.78 Å². The standard InChI is InChI=1S/C8H13BF2O2/c1-4-6(9(12)13)8(11)7(10)5(2)3/h12-13H,4H2,1-3H3/b8-6-. The van der Waals surface area contributed by atoms with Crippen LogP contribution >= 0.6 is 0 Å². The Morgan fingerprint density at radius 2 is 1.62 bits per heavy atom. The molecule has 0 atom stereocenters. The van der Waals surface area contributed by atoms with Crippen LogP contribution in [0.15, 0.2) is 22.7 Å². The highest BCUT2D eigenvalue weighted by Crippen LogP contribution is 2.23. The maximum absolute atomic E-state index is 13.1. The van der Waals surface area contributed by atoms with Crippen LogP contribution < -0.4 is 0 Å². The molecule has 0 aliphatic heterocycles. The summed E-state index contributed by atoms with van der Waals surface area (Å²) in [6, 6.07) is 0. The molecule has 0 rings (SSSR count). The summed E-state index contributed by atoms with van der Waals surface area (Å²) in [7, 11) is -1.94. The van der Waals surface area contributed by atoms with Crippen molar-refractivity contribution in [1.29, 1.82) is 0 Å². The Bertz CT molecular complexity index is 243. The van der Waals surface area contributed by atoms with Crippen molar-refractivity contribution in [2.45, 2.75) is 27.2 Å². The van der Waals surface area contributed by atoms with Gasteiger partial charge in [-0.05, 0) is 31.3 Å². The molecule has 0 heterocycles. The monoisotopic (exact) mass is 190 g/mol. The maximum Gasteiger partial charge on any atom is 0.487 e. The van der Waals surface area contributed by atoms with E-state index in [-0.39, 0.29) is 17.5 Å². The molecule has 0 saturated heterocycles. The SMILES string of the molecule is CC/C(B(O)O)=C(/F)C(F)=C(C)C. The maximum atomic E-state index is 13.1. The van der Waals surface area contributed by atoms with Crippen molar-refractivity contribution in [1.82, 2.24) is 0 Å². The summed E-state index contributed by atoms with van der Waals surface area (Å²) in [6.07, 6.45) is 0.0597. The molecular weight excluding hydrogens is 177 g/mol. The van der Waals surface area contributed by atoms with Crippen LogP contribution in [-0.4, -0.2) is 17.2 Å². The quantitative estimate of drug-likeness (QED) is 0.526. The molecule has 0 aliphatic rings. The molecule has 2 nitrogen and oxygen atoms in total. The molecule has 13 heavy (non-hydrogen) atoms. The molecule has 2 N–H and O–H groups in total. The third-order valence-corrected chi connectivity index (χ3v) is 1.61. The van der Waals surface area contributed by atoms with Gasteiger partial charge in [0.2, 0.25) is 0 Å². The Balaban J connectivity index is 5.09. The van der Waals surface area contributed by atoms with E-state index in [4.69, 9.17) is 10.0 Å². The fraction of sp³-hybridized carbons (Fsp3) is 0.500. The van der Waals surface area contributed by atoms with Gasteiger partial charge in [0.1, 0.15) is 0 Å². The highest BCUT2D eigenvalue weighted by molar-refractivity contribution is 6.50. The predicted molar refractivity (Wildman–Crippen MR) is 48.1 cm³/mol. The van der Waals surface area contributed by atoms with Crippen LogP contribution in [-0.2, 0) is 0 Å². The first-order valence-electron chi connectivity index (χ1n) is 3.99. The van der Waals surface area contributed by atoms with Crippen molar-refractivity contribution >= 4 is 7.12 Å². The summed E-state index contributed by atoms with van der Waals surface area (Å²) in [6.45, 7) is 4.34. The van der Waals surface area contributed by atoms with Gasteiger partial charge in [0.25, 0.3) is 0 Å². The van der Waals surface area contributed by atoms with Gasteiger partial charge in [-0.1, -0.05) is 6.92 Å². The lowest BCUT2D eigenvalue weighted by Gasteiger charge is -2.05. The second kappa shape index (κ2) is 5.14. The molecule has 0 aromatic heterocycles. The summed E-state index contributed by atoms with van der Waals surface area (Å²) >= 11 is 0. The van der Waals surface area contributed by atoms with Crippen molar-refractivity contribution in [2.75, 3.05) is 0 Å². The topological polar surface area (TPSA) is 40.5 Å². The molecule has 0 aliphatic carbocycles. The van der Waals surface area contributed by atoms with Crippen molar-refractivity contribution in [2.24, 2.45) is 0 Å². The summed E-state index contributed by atoms with van der Waals surface area (Å²) in [5, 5.41) is 17.4. The van der Waals surface area contributed by atoms with Crippen LogP contribution in [0.5, 0.6) is 0 Å². The van der Waals surface area contributed by atoms with E-state index in [1.165, 1.54) is 20.8 Å². The largest absolute Gasteiger partial charge is 0.487 e. The second-order valence-electron chi connectivity index (χ2n) is 2.88. The zero-order valence-corrected chi connectivity index (χ0v) is 7.93. The van der Waals surface area contributed by atoms with Gasteiger partial charge < -0.3 is 10.0 Å². The Labute approximate surface area is 76.7 Å². The van der Waals surface area contributed by atoms with Crippen molar-refractivity contribution in [3.8, 4) is 0 Å². The molecule has 0 radical (unpaired) electrons. The molecule has 0 fully saturated rings. The van der Waals surface area contributed by atoms with Gasteiger partial charge in [0, 0.05) is 0 Å². The minimum atomic E-state index is -1.94. The zero-order chi connectivity index (χ0) is 10.6. The first kappa shape index (κ1) is 12.3. The smallest absolute Gasteiger partial charge is 0.423 e. The molecule has 0 bridgehead atoms. The third-order valence-electron chi connectivity index (χ3n) is 1.61.